The summed E-state index contributed by atoms with van der Waals surface area (Å²) < 4.78 is 0. The van der Waals surface area contributed by atoms with Crippen molar-refractivity contribution in [1.29, 1.82) is 0 Å². The Labute approximate surface area is 103 Å². The molecule has 0 aliphatic carbocycles. The molecule has 0 saturated carbocycles. The van der Waals surface area contributed by atoms with Crippen molar-refractivity contribution in [2.24, 2.45) is 0 Å². The zero-order valence-electron chi connectivity index (χ0n) is 10.8. The number of hydrogen-bond donors (Lipinski definition) is 1. The summed E-state index contributed by atoms with van der Waals surface area (Å²) in [6.45, 7) is 6.65. The lowest BCUT2D eigenvalue weighted by Crippen LogP contribution is -2.03. The molecule has 1 atom stereocenters. The maximum absolute atomic E-state index is 4.35. The molecule has 2 aromatic rings. The Bertz CT molecular complexity index is 472. The maximum Gasteiger partial charge on any atom is 0.113 e. The third kappa shape index (κ3) is 2.41. The molecule has 0 fully saturated rings. The van der Waals surface area contributed by atoms with E-state index in [9.17, 15) is 0 Å². The van der Waals surface area contributed by atoms with Gasteiger partial charge in [-0.1, -0.05) is 38.5 Å². The molecule has 1 aromatic carbocycles. The average molecular weight is 228 g/mol. The van der Waals surface area contributed by atoms with Gasteiger partial charge < -0.3 is 4.98 Å². The van der Waals surface area contributed by atoms with E-state index in [0.29, 0.717) is 5.92 Å². The van der Waals surface area contributed by atoms with Gasteiger partial charge in [-0.25, -0.2) is 4.98 Å². The van der Waals surface area contributed by atoms with E-state index >= 15 is 0 Å². The standard InChI is InChI=1S/C15H20N2/c1-4-6-13-7-5-8-14(11(13)2)12(3)15-16-9-10-17-15/h5,7-10,12H,4,6H2,1-3H3,(H,16,17). The van der Waals surface area contributed by atoms with Crippen LogP contribution in [0.2, 0.25) is 0 Å². The largest absolute Gasteiger partial charge is 0.348 e. The first-order chi connectivity index (χ1) is 8.24. The molecule has 1 unspecified atom stereocenters. The van der Waals surface area contributed by atoms with Gasteiger partial charge in [-0.2, -0.15) is 0 Å². The van der Waals surface area contributed by atoms with Crippen LogP contribution in [0.1, 0.15) is 48.7 Å². The molecule has 0 spiro atoms. The first-order valence-electron chi connectivity index (χ1n) is 6.31. The van der Waals surface area contributed by atoms with Gasteiger partial charge in [0.1, 0.15) is 5.82 Å². The smallest absolute Gasteiger partial charge is 0.113 e. The highest BCUT2D eigenvalue weighted by Crippen LogP contribution is 2.26. The molecular formula is C15H20N2. The third-order valence-corrected chi connectivity index (χ3v) is 3.40. The molecule has 0 bridgehead atoms. The van der Waals surface area contributed by atoms with Crippen molar-refractivity contribution in [2.75, 3.05) is 0 Å². The highest BCUT2D eigenvalue weighted by Gasteiger charge is 2.14. The molecule has 0 aliphatic rings. The molecule has 0 aliphatic heterocycles. The van der Waals surface area contributed by atoms with Crippen molar-refractivity contribution < 1.29 is 0 Å². The van der Waals surface area contributed by atoms with Crippen LogP contribution >= 0.6 is 0 Å². The molecule has 17 heavy (non-hydrogen) atoms. The predicted molar refractivity (Wildman–Crippen MR) is 71.3 cm³/mol. The monoisotopic (exact) mass is 228 g/mol. The van der Waals surface area contributed by atoms with Gasteiger partial charge in [-0.15, -0.1) is 0 Å². The number of nitrogens with one attached hydrogen (secondary N) is 1. The maximum atomic E-state index is 4.35. The van der Waals surface area contributed by atoms with Gasteiger partial charge in [0.15, 0.2) is 0 Å². The summed E-state index contributed by atoms with van der Waals surface area (Å²) >= 11 is 0. The Balaban J connectivity index is 2.35. The van der Waals surface area contributed by atoms with E-state index in [1.165, 1.54) is 23.1 Å². The van der Waals surface area contributed by atoms with Crippen LogP contribution in [0, 0.1) is 6.92 Å². The van der Waals surface area contributed by atoms with Crippen molar-refractivity contribution in [3.8, 4) is 0 Å². The normalized spacial score (nSPS) is 12.6. The zero-order chi connectivity index (χ0) is 12.3. The third-order valence-electron chi connectivity index (χ3n) is 3.40. The Morgan fingerprint density at radius 1 is 1.35 bits per heavy atom. The second-order valence-electron chi connectivity index (χ2n) is 4.58. The van der Waals surface area contributed by atoms with E-state index in [-0.39, 0.29) is 0 Å². The van der Waals surface area contributed by atoms with Crippen LogP contribution in [0.5, 0.6) is 0 Å². The highest BCUT2D eigenvalue weighted by atomic mass is 14.9. The van der Waals surface area contributed by atoms with Crippen LogP contribution in [0.15, 0.2) is 30.6 Å². The molecule has 1 heterocycles. The van der Waals surface area contributed by atoms with Crippen LogP contribution in [0.4, 0.5) is 0 Å². The van der Waals surface area contributed by atoms with Crippen molar-refractivity contribution in [3.05, 3.63) is 53.1 Å². The van der Waals surface area contributed by atoms with E-state index < -0.39 is 0 Å². The van der Waals surface area contributed by atoms with E-state index in [1.807, 2.05) is 12.4 Å². The summed E-state index contributed by atoms with van der Waals surface area (Å²) in [5, 5.41) is 0. The molecule has 1 N–H and O–H groups in total. The number of aryl methyl sites for hydroxylation is 1. The fraction of sp³-hybridized carbons (Fsp3) is 0.400. The summed E-state index contributed by atoms with van der Waals surface area (Å²) in [6, 6.07) is 6.60. The quantitative estimate of drug-likeness (QED) is 0.846. The van der Waals surface area contributed by atoms with E-state index in [0.717, 1.165) is 12.2 Å². The molecular weight excluding hydrogens is 208 g/mol. The molecule has 2 rings (SSSR count). The molecule has 2 heteroatoms. The molecule has 90 valence electrons. The van der Waals surface area contributed by atoms with Crippen LogP contribution in [0.3, 0.4) is 0 Å². The number of imidazole rings is 1. The fourth-order valence-electron chi connectivity index (χ4n) is 2.37. The minimum absolute atomic E-state index is 0.335. The van der Waals surface area contributed by atoms with Crippen molar-refractivity contribution in [3.63, 3.8) is 0 Å². The number of aromatic nitrogens is 2. The van der Waals surface area contributed by atoms with Crippen LogP contribution in [-0.4, -0.2) is 9.97 Å². The zero-order valence-corrected chi connectivity index (χ0v) is 10.8. The number of rotatable bonds is 4. The molecule has 1 aromatic heterocycles. The van der Waals surface area contributed by atoms with Crippen molar-refractivity contribution in [2.45, 2.75) is 39.5 Å². The van der Waals surface area contributed by atoms with Crippen molar-refractivity contribution >= 4 is 0 Å². The van der Waals surface area contributed by atoms with E-state index in [4.69, 9.17) is 0 Å². The average Bonchev–Trinajstić information content (AvgIpc) is 2.85. The Morgan fingerprint density at radius 2 is 2.18 bits per heavy atom. The summed E-state index contributed by atoms with van der Waals surface area (Å²) in [6.07, 6.45) is 6.05. The molecule has 2 nitrogen and oxygen atoms in total. The summed E-state index contributed by atoms with van der Waals surface area (Å²) in [4.78, 5) is 7.56. The summed E-state index contributed by atoms with van der Waals surface area (Å²) in [7, 11) is 0. The van der Waals surface area contributed by atoms with Gasteiger partial charge in [-0.05, 0) is 30.0 Å². The number of hydrogen-bond acceptors (Lipinski definition) is 1. The van der Waals surface area contributed by atoms with Gasteiger partial charge in [0, 0.05) is 18.3 Å². The predicted octanol–water partition coefficient (Wildman–Crippen LogP) is 3.82. The van der Waals surface area contributed by atoms with Gasteiger partial charge in [0.25, 0.3) is 0 Å². The lowest BCUT2D eigenvalue weighted by atomic mass is 9.91. The lowest BCUT2D eigenvalue weighted by molar-refractivity contribution is 0.821. The number of aromatic amines is 1. The van der Waals surface area contributed by atoms with Crippen molar-refractivity contribution in [1.82, 2.24) is 9.97 Å². The minimum atomic E-state index is 0.335. The van der Waals surface area contributed by atoms with Gasteiger partial charge in [0.05, 0.1) is 0 Å². The second kappa shape index (κ2) is 5.17. The number of nitrogens with zero attached hydrogens (tertiary/aromatic N) is 1. The highest BCUT2D eigenvalue weighted by molar-refractivity contribution is 5.38. The first-order valence-corrected chi connectivity index (χ1v) is 6.31. The van der Waals surface area contributed by atoms with Gasteiger partial charge >= 0.3 is 0 Å². The molecule has 0 radical (unpaired) electrons. The van der Waals surface area contributed by atoms with Gasteiger partial charge in [0.2, 0.25) is 0 Å². The Kier molecular flexibility index (Phi) is 3.62. The van der Waals surface area contributed by atoms with Crippen LogP contribution in [0.25, 0.3) is 0 Å². The van der Waals surface area contributed by atoms with E-state index in [2.05, 4.69) is 48.9 Å². The number of H-pyrrole nitrogens is 1. The summed E-state index contributed by atoms with van der Waals surface area (Å²) in [5.41, 5.74) is 4.26. The van der Waals surface area contributed by atoms with Gasteiger partial charge in [-0.3, -0.25) is 0 Å². The first kappa shape index (κ1) is 11.9. The van der Waals surface area contributed by atoms with E-state index in [1.54, 1.807) is 0 Å². The lowest BCUT2D eigenvalue weighted by Gasteiger charge is -2.15. The number of benzene rings is 1. The van der Waals surface area contributed by atoms with Crippen LogP contribution < -0.4 is 0 Å². The summed E-state index contributed by atoms with van der Waals surface area (Å²) in [5.74, 6) is 1.38. The molecule has 0 saturated heterocycles. The van der Waals surface area contributed by atoms with Crippen LogP contribution in [-0.2, 0) is 6.42 Å². The topological polar surface area (TPSA) is 28.7 Å². The fourth-order valence-corrected chi connectivity index (χ4v) is 2.37. The Hall–Kier alpha value is -1.57. The molecule has 0 amide bonds. The Morgan fingerprint density at radius 3 is 2.82 bits per heavy atom. The minimum Gasteiger partial charge on any atom is -0.348 e. The second-order valence-corrected chi connectivity index (χ2v) is 4.58. The SMILES string of the molecule is CCCc1cccc(C(C)c2ncc[nH]2)c1C.